The van der Waals surface area contributed by atoms with Gasteiger partial charge >= 0.3 is 0 Å². The van der Waals surface area contributed by atoms with Gasteiger partial charge in [0.2, 0.25) is 0 Å². The first-order valence-electron chi connectivity index (χ1n) is 3.22. The average molecular weight is 237 g/mol. The predicted molar refractivity (Wildman–Crippen MR) is 46.0 cm³/mol. The minimum atomic E-state index is -2.55. The Balaban J connectivity index is 3.27. The fourth-order valence-corrected chi connectivity index (χ4v) is 1.32. The normalized spacial score (nSPS) is 10.8. The molecular formula is C7H7BrF2N2. The largest absolute Gasteiger partial charge is 0.396 e. The second-order valence-electron chi connectivity index (χ2n) is 2.33. The third kappa shape index (κ3) is 1.55. The molecule has 0 aliphatic carbocycles. The van der Waals surface area contributed by atoms with E-state index >= 15 is 0 Å². The second kappa shape index (κ2) is 3.35. The number of hydrogen-bond donors (Lipinski definition) is 1. The van der Waals surface area contributed by atoms with Gasteiger partial charge in [0.15, 0.2) is 0 Å². The molecule has 2 N–H and O–H groups in total. The van der Waals surface area contributed by atoms with Gasteiger partial charge in [0.25, 0.3) is 6.43 Å². The molecule has 0 fully saturated rings. The van der Waals surface area contributed by atoms with Gasteiger partial charge in [-0.2, -0.15) is 0 Å². The molecule has 1 heterocycles. The summed E-state index contributed by atoms with van der Waals surface area (Å²) in [7, 11) is 0. The molecule has 0 unspecified atom stereocenters. The molecule has 5 heteroatoms. The van der Waals surface area contributed by atoms with Crippen LogP contribution in [0.25, 0.3) is 0 Å². The van der Waals surface area contributed by atoms with Crippen molar-refractivity contribution < 1.29 is 8.78 Å². The highest BCUT2D eigenvalue weighted by molar-refractivity contribution is 9.10. The van der Waals surface area contributed by atoms with Gasteiger partial charge in [0, 0.05) is 6.20 Å². The van der Waals surface area contributed by atoms with E-state index in [4.69, 9.17) is 5.73 Å². The van der Waals surface area contributed by atoms with E-state index in [0.29, 0.717) is 5.69 Å². The number of aromatic nitrogens is 1. The molecule has 0 amide bonds. The molecular weight excluding hydrogens is 230 g/mol. The first-order chi connectivity index (χ1) is 5.54. The highest BCUT2D eigenvalue weighted by Gasteiger charge is 2.14. The van der Waals surface area contributed by atoms with E-state index in [1.54, 1.807) is 6.92 Å². The SMILES string of the molecule is Cc1ncc(C(F)F)c(Br)c1N. The quantitative estimate of drug-likeness (QED) is 0.815. The van der Waals surface area contributed by atoms with Crippen molar-refractivity contribution >= 4 is 21.6 Å². The van der Waals surface area contributed by atoms with Crippen molar-refractivity contribution in [3.05, 3.63) is 21.9 Å². The fraction of sp³-hybridized carbons (Fsp3) is 0.286. The third-order valence-electron chi connectivity index (χ3n) is 1.51. The van der Waals surface area contributed by atoms with E-state index in [-0.39, 0.29) is 15.7 Å². The van der Waals surface area contributed by atoms with Crippen LogP contribution in [0.4, 0.5) is 14.5 Å². The number of alkyl halides is 2. The molecule has 1 aromatic heterocycles. The van der Waals surface area contributed by atoms with Gasteiger partial charge in [0.1, 0.15) is 0 Å². The first-order valence-corrected chi connectivity index (χ1v) is 4.02. The monoisotopic (exact) mass is 236 g/mol. The highest BCUT2D eigenvalue weighted by Crippen LogP contribution is 2.31. The molecule has 0 aliphatic rings. The van der Waals surface area contributed by atoms with Gasteiger partial charge in [-0.05, 0) is 22.9 Å². The Morgan fingerprint density at radius 3 is 2.67 bits per heavy atom. The lowest BCUT2D eigenvalue weighted by Gasteiger charge is -2.06. The number of rotatable bonds is 1. The van der Waals surface area contributed by atoms with Crippen LogP contribution < -0.4 is 5.73 Å². The summed E-state index contributed by atoms with van der Waals surface area (Å²) in [6, 6.07) is 0. The topological polar surface area (TPSA) is 38.9 Å². The standard InChI is InChI=1S/C7H7BrF2N2/c1-3-6(11)5(8)4(2-12-3)7(9)10/h2,7H,11H2,1H3. The average Bonchev–Trinajstić information content (AvgIpc) is 2.00. The lowest BCUT2D eigenvalue weighted by atomic mass is 10.2. The Morgan fingerprint density at radius 2 is 2.17 bits per heavy atom. The first kappa shape index (κ1) is 9.38. The summed E-state index contributed by atoms with van der Waals surface area (Å²) >= 11 is 2.99. The van der Waals surface area contributed by atoms with Gasteiger partial charge < -0.3 is 5.73 Å². The molecule has 0 saturated carbocycles. The zero-order valence-electron chi connectivity index (χ0n) is 6.31. The van der Waals surface area contributed by atoms with Crippen LogP contribution >= 0.6 is 15.9 Å². The molecule has 1 rings (SSSR count). The summed E-state index contributed by atoms with van der Waals surface area (Å²) in [5, 5.41) is 0. The zero-order chi connectivity index (χ0) is 9.30. The summed E-state index contributed by atoms with van der Waals surface area (Å²) in [6.45, 7) is 1.66. The Hall–Kier alpha value is -0.710. The number of pyridine rings is 1. The van der Waals surface area contributed by atoms with Crippen LogP contribution in [0.5, 0.6) is 0 Å². The summed E-state index contributed by atoms with van der Waals surface area (Å²) in [4.78, 5) is 3.73. The van der Waals surface area contributed by atoms with Gasteiger partial charge in [0.05, 0.1) is 21.4 Å². The van der Waals surface area contributed by atoms with Gasteiger partial charge in [-0.1, -0.05) is 0 Å². The maximum atomic E-state index is 12.2. The van der Waals surface area contributed by atoms with E-state index in [9.17, 15) is 8.78 Å². The summed E-state index contributed by atoms with van der Waals surface area (Å²) in [5.74, 6) is 0. The van der Waals surface area contributed by atoms with E-state index in [1.165, 1.54) is 0 Å². The molecule has 0 spiro atoms. The molecule has 1 aromatic rings. The van der Waals surface area contributed by atoms with Crippen molar-refractivity contribution in [2.75, 3.05) is 5.73 Å². The van der Waals surface area contributed by atoms with Gasteiger partial charge in [-0.3, -0.25) is 4.98 Å². The molecule has 0 aliphatic heterocycles. The van der Waals surface area contributed by atoms with Gasteiger partial charge in [-0.25, -0.2) is 8.78 Å². The maximum absolute atomic E-state index is 12.2. The molecule has 2 nitrogen and oxygen atoms in total. The van der Waals surface area contributed by atoms with Crippen molar-refractivity contribution in [1.82, 2.24) is 4.98 Å². The molecule has 0 saturated heterocycles. The molecule has 66 valence electrons. The van der Waals surface area contributed by atoms with E-state index in [0.717, 1.165) is 6.20 Å². The van der Waals surface area contributed by atoms with Gasteiger partial charge in [-0.15, -0.1) is 0 Å². The van der Waals surface area contributed by atoms with Crippen LogP contribution in [-0.4, -0.2) is 4.98 Å². The second-order valence-corrected chi connectivity index (χ2v) is 3.12. The minimum Gasteiger partial charge on any atom is -0.396 e. The van der Waals surface area contributed by atoms with Crippen LogP contribution in [0.3, 0.4) is 0 Å². The number of nitrogens with two attached hydrogens (primary N) is 1. The number of anilines is 1. The fourth-order valence-electron chi connectivity index (χ4n) is 0.759. The van der Waals surface area contributed by atoms with Crippen molar-refractivity contribution in [1.29, 1.82) is 0 Å². The van der Waals surface area contributed by atoms with Crippen LogP contribution in [0.1, 0.15) is 17.7 Å². The van der Waals surface area contributed by atoms with E-state index in [1.807, 2.05) is 0 Å². The Kier molecular flexibility index (Phi) is 2.62. The molecule has 0 bridgehead atoms. The molecule has 0 aromatic carbocycles. The van der Waals surface area contributed by atoms with Crippen LogP contribution in [0, 0.1) is 6.92 Å². The number of aryl methyl sites for hydroxylation is 1. The van der Waals surface area contributed by atoms with Crippen LogP contribution in [0.15, 0.2) is 10.7 Å². The number of halogens is 3. The molecule has 12 heavy (non-hydrogen) atoms. The van der Waals surface area contributed by atoms with E-state index in [2.05, 4.69) is 20.9 Å². The number of nitrogens with zero attached hydrogens (tertiary/aromatic N) is 1. The lowest BCUT2D eigenvalue weighted by Crippen LogP contribution is -1.98. The molecule has 0 atom stereocenters. The summed E-state index contributed by atoms with van der Waals surface area (Å²) in [5.41, 5.74) is 6.13. The third-order valence-corrected chi connectivity index (χ3v) is 2.40. The lowest BCUT2D eigenvalue weighted by molar-refractivity contribution is 0.150. The smallest absolute Gasteiger partial charge is 0.266 e. The Bertz CT molecular complexity index is 302. The van der Waals surface area contributed by atoms with E-state index < -0.39 is 6.43 Å². The van der Waals surface area contributed by atoms with Crippen LogP contribution in [-0.2, 0) is 0 Å². The van der Waals surface area contributed by atoms with Crippen molar-refractivity contribution in [2.45, 2.75) is 13.3 Å². The minimum absolute atomic E-state index is 0.168. The summed E-state index contributed by atoms with van der Waals surface area (Å²) in [6.07, 6.45) is -1.42. The van der Waals surface area contributed by atoms with Crippen molar-refractivity contribution in [3.63, 3.8) is 0 Å². The number of nitrogen functional groups attached to an aromatic ring is 1. The van der Waals surface area contributed by atoms with Crippen LogP contribution in [0.2, 0.25) is 0 Å². The van der Waals surface area contributed by atoms with Crippen molar-refractivity contribution in [3.8, 4) is 0 Å². The maximum Gasteiger partial charge on any atom is 0.266 e. The Labute approximate surface area is 76.9 Å². The highest BCUT2D eigenvalue weighted by atomic mass is 79.9. The molecule has 0 radical (unpaired) electrons. The predicted octanol–water partition coefficient (Wildman–Crippen LogP) is 2.67. The number of hydrogen-bond acceptors (Lipinski definition) is 2. The zero-order valence-corrected chi connectivity index (χ0v) is 7.90. The van der Waals surface area contributed by atoms with Crippen molar-refractivity contribution in [2.24, 2.45) is 0 Å². The Morgan fingerprint density at radius 1 is 1.58 bits per heavy atom. The summed E-state index contributed by atoms with van der Waals surface area (Å²) < 4.78 is 24.7.